The van der Waals surface area contributed by atoms with Crippen LogP contribution in [0.1, 0.15) is 27.9 Å². The van der Waals surface area contributed by atoms with Gasteiger partial charge in [0.1, 0.15) is 0 Å². The van der Waals surface area contributed by atoms with Crippen LogP contribution in [0.2, 0.25) is 0 Å². The summed E-state index contributed by atoms with van der Waals surface area (Å²) in [7, 11) is 1.75. The molecule has 1 aromatic heterocycles. The highest BCUT2D eigenvalue weighted by Crippen LogP contribution is 2.14. The van der Waals surface area contributed by atoms with Crippen LogP contribution in [0.5, 0.6) is 0 Å². The molecule has 1 aromatic carbocycles. The number of aromatic nitrogens is 2. The number of amides is 1. The zero-order valence-electron chi connectivity index (χ0n) is 10.9. The number of nitrogens with zero attached hydrogens (tertiary/aromatic N) is 2. The van der Waals surface area contributed by atoms with Gasteiger partial charge in [-0.25, -0.2) is 0 Å². The maximum Gasteiger partial charge on any atom is 0.282 e. The molecule has 6 heteroatoms. The average Bonchev–Trinajstić information content (AvgIpc) is 2.94. The van der Waals surface area contributed by atoms with Crippen LogP contribution in [0.4, 0.5) is 5.13 Å². The molecule has 0 unspecified atom stereocenters. The highest BCUT2D eigenvalue weighted by Gasteiger charge is 2.11. The van der Waals surface area contributed by atoms with Crippen LogP contribution in [-0.2, 0) is 13.0 Å². The molecule has 0 bridgehead atoms. The molecule has 2 aromatic rings. The van der Waals surface area contributed by atoms with Gasteiger partial charge in [-0.05, 0) is 17.5 Å². The Kier molecular flexibility index (Phi) is 4.46. The van der Waals surface area contributed by atoms with E-state index in [2.05, 4.69) is 39.9 Å². The molecule has 0 aliphatic rings. The van der Waals surface area contributed by atoms with Gasteiger partial charge in [-0.3, -0.25) is 4.79 Å². The van der Waals surface area contributed by atoms with Crippen molar-refractivity contribution < 1.29 is 4.79 Å². The van der Waals surface area contributed by atoms with E-state index in [1.54, 1.807) is 7.05 Å². The van der Waals surface area contributed by atoms with Gasteiger partial charge in [-0.15, -0.1) is 10.2 Å². The van der Waals surface area contributed by atoms with Crippen LogP contribution in [0.25, 0.3) is 0 Å². The molecular weight excluding hydrogens is 260 g/mol. The second-order valence-electron chi connectivity index (χ2n) is 4.02. The largest absolute Gasteiger partial charge is 0.363 e. The minimum absolute atomic E-state index is 0.196. The number of aryl methyl sites for hydroxylation is 1. The first-order valence-electron chi connectivity index (χ1n) is 6.10. The van der Waals surface area contributed by atoms with Crippen LogP contribution >= 0.6 is 11.3 Å². The first-order valence-corrected chi connectivity index (χ1v) is 6.92. The zero-order chi connectivity index (χ0) is 13.7. The predicted octanol–water partition coefficient (Wildman–Crippen LogP) is 2.07. The molecule has 0 aliphatic carbocycles. The summed E-state index contributed by atoms with van der Waals surface area (Å²) in [6.45, 7) is 2.61. The number of carbonyl (C=O) groups is 1. The normalized spacial score (nSPS) is 10.2. The van der Waals surface area contributed by atoms with Gasteiger partial charge in [0.05, 0.1) is 0 Å². The maximum atomic E-state index is 11.8. The topological polar surface area (TPSA) is 66.9 Å². The van der Waals surface area contributed by atoms with Crippen molar-refractivity contribution in [2.24, 2.45) is 0 Å². The van der Waals surface area contributed by atoms with Crippen molar-refractivity contribution >= 4 is 22.4 Å². The minimum atomic E-state index is -0.196. The maximum absolute atomic E-state index is 11.8. The molecule has 5 nitrogen and oxygen atoms in total. The van der Waals surface area contributed by atoms with Gasteiger partial charge in [-0.2, -0.15) is 0 Å². The Morgan fingerprint density at radius 3 is 2.47 bits per heavy atom. The third-order valence-corrected chi connectivity index (χ3v) is 3.66. The van der Waals surface area contributed by atoms with Gasteiger partial charge >= 0.3 is 0 Å². The molecule has 19 heavy (non-hydrogen) atoms. The highest BCUT2D eigenvalue weighted by atomic mass is 32.1. The summed E-state index contributed by atoms with van der Waals surface area (Å²) in [4.78, 5) is 11.8. The van der Waals surface area contributed by atoms with Gasteiger partial charge in [0, 0.05) is 13.6 Å². The van der Waals surface area contributed by atoms with Gasteiger partial charge in [0.2, 0.25) is 10.1 Å². The summed E-state index contributed by atoms with van der Waals surface area (Å²) in [5.74, 6) is -0.196. The Labute approximate surface area is 116 Å². The van der Waals surface area contributed by atoms with Crippen molar-refractivity contribution in [3.8, 4) is 0 Å². The molecule has 0 saturated heterocycles. The van der Waals surface area contributed by atoms with E-state index < -0.39 is 0 Å². The number of rotatable bonds is 5. The Bertz CT molecular complexity index is 550. The van der Waals surface area contributed by atoms with Gasteiger partial charge in [-0.1, -0.05) is 42.5 Å². The summed E-state index contributed by atoms with van der Waals surface area (Å²) in [6.07, 6.45) is 1.02. The van der Waals surface area contributed by atoms with Crippen molar-refractivity contribution in [1.29, 1.82) is 0 Å². The third kappa shape index (κ3) is 3.51. The fraction of sp³-hybridized carbons (Fsp3) is 0.308. The predicted molar refractivity (Wildman–Crippen MR) is 76.4 cm³/mol. The Morgan fingerprint density at radius 2 is 1.89 bits per heavy atom. The van der Waals surface area contributed by atoms with E-state index in [9.17, 15) is 4.79 Å². The lowest BCUT2D eigenvalue weighted by Crippen LogP contribution is -2.22. The quantitative estimate of drug-likeness (QED) is 0.877. The molecule has 0 atom stereocenters. The average molecular weight is 276 g/mol. The SMILES string of the molecule is CCc1ccc(CNC(=O)c2nnc(NC)s2)cc1. The first-order chi connectivity index (χ1) is 9.22. The van der Waals surface area contributed by atoms with Crippen LogP contribution in [0.3, 0.4) is 0 Å². The Morgan fingerprint density at radius 1 is 1.21 bits per heavy atom. The van der Waals surface area contributed by atoms with E-state index in [-0.39, 0.29) is 5.91 Å². The van der Waals surface area contributed by atoms with E-state index in [1.165, 1.54) is 16.9 Å². The zero-order valence-corrected chi connectivity index (χ0v) is 11.8. The Balaban J connectivity index is 1.92. The summed E-state index contributed by atoms with van der Waals surface area (Å²) >= 11 is 1.24. The number of hydrogen-bond donors (Lipinski definition) is 2. The minimum Gasteiger partial charge on any atom is -0.363 e. The fourth-order valence-corrected chi connectivity index (χ4v) is 2.18. The number of carbonyl (C=O) groups excluding carboxylic acids is 1. The number of benzene rings is 1. The lowest BCUT2D eigenvalue weighted by Gasteiger charge is -2.04. The fourth-order valence-electron chi connectivity index (χ4n) is 1.57. The lowest BCUT2D eigenvalue weighted by molar-refractivity contribution is 0.0950. The lowest BCUT2D eigenvalue weighted by atomic mass is 10.1. The van der Waals surface area contributed by atoms with Crippen LogP contribution in [0.15, 0.2) is 24.3 Å². The standard InChI is InChI=1S/C13H16N4OS/c1-3-9-4-6-10(7-5-9)8-15-11(18)12-16-17-13(14-2)19-12/h4-7H,3,8H2,1-2H3,(H,14,17)(H,15,18). The van der Waals surface area contributed by atoms with Crippen LogP contribution in [-0.4, -0.2) is 23.2 Å². The van der Waals surface area contributed by atoms with Gasteiger partial charge < -0.3 is 10.6 Å². The molecule has 1 amide bonds. The molecule has 2 rings (SSSR count). The van der Waals surface area contributed by atoms with E-state index in [0.29, 0.717) is 16.7 Å². The van der Waals surface area contributed by atoms with E-state index in [0.717, 1.165) is 12.0 Å². The smallest absolute Gasteiger partial charge is 0.282 e. The summed E-state index contributed by atoms with van der Waals surface area (Å²) < 4.78 is 0. The van der Waals surface area contributed by atoms with E-state index in [4.69, 9.17) is 0 Å². The molecule has 2 N–H and O–H groups in total. The molecule has 0 radical (unpaired) electrons. The molecule has 0 saturated carbocycles. The van der Waals surface area contributed by atoms with Crippen LogP contribution < -0.4 is 10.6 Å². The molecule has 0 fully saturated rings. The van der Waals surface area contributed by atoms with Crippen molar-refractivity contribution in [2.45, 2.75) is 19.9 Å². The van der Waals surface area contributed by atoms with Crippen molar-refractivity contribution in [2.75, 3.05) is 12.4 Å². The van der Waals surface area contributed by atoms with Crippen molar-refractivity contribution in [1.82, 2.24) is 15.5 Å². The number of nitrogens with one attached hydrogen (secondary N) is 2. The molecule has 1 heterocycles. The molecule has 0 aliphatic heterocycles. The number of anilines is 1. The van der Waals surface area contributed by atoms with E-state index in [1.807, 2.05) is 12.1 Å². The third-order valence-electron chi connectivity index (χ3n) is 2.72. The second-order valence-corrected chi connectivity index (χ2v) is 4.99. The van der Waals surface area contributed by atoms with E-state index >= 15 is 0 Å². The summed E-state index contributed by atoms with van der Waals surface area (Å²) in [5.41, 5.74) is 2.36. The number of hydrogen-bond acceptors (Lipinski definition) is 5. The van der Waals surface area contributed by atoms with Crippen molar-refractivity contribution in [3.05, 3.63) is 40.4 Å². The van der Waals surface area contributed by atoms with Crippen LogP contribution in [0, 0.1) is 0 Å². The summed E-state index contributed by atoms with van der Waals surface area (Å²) in [6, 6.07) is 8.20. The molecule has 100 valence electrons. The van der Waals surface area contributed by atoms with Crippen molar-refractivity contribution in [3.63, 3.8) is 0 Å². The first kappa shape index (κ1) is 13.5. The molecule has 0 spiro atoms. The summed E-state index contributed by atoms with van der Waals surface area (Å²) in [5, 5.41) is 14.3. The monoisotopic (exact) mass is 276 g/mol. The van der Waals surface area contributed by atoms with Gasteiger partial charge in [0.15, 0.2) is 0 Å². The second kappa shape index (κ2) is 6.29. The highest BCUT2D eigenvalue weighted by molar-refractivity contribution is 7.17. The van der Waals surface area contributed by atoms with Gasteiger partial charge in [0.25, 0.3) is 5.91 Å². The Hall–Kier alpha value is -1.95. The molecular formula is C13H16N4OS.